The summed E-state index contributed by atoms with van der Waals surface area (Å²) in [5.74, 6) is 3.04. The molecule has 0 bridgehead atoms. The van der Waals surface area contributed by atoms with Crippen molar-refractivity contribution in [2.24, 2.45) is 0 Å². The summed E-state index contributed by atoms with van der Waals surface area (Å²) in [6.07, 6.45) is 0. The fourth-order valence-corrected chi connectivity index (χ4v) is 6.95. The lowest BCUT2D eigenvalue weighted by molar-refractivity contribution is 0.172. The molecule has 0 aliphatic carbocycles. The lowest BCUT2D eigenvalue weighted by Gasteiger charge is -2.36. The number of hydrogen-bond donors (Lipinski definition) is 0. The van der Waals surface area contributed by atoms with Crippen molar-refractivity contribution >= 4 is 22.0 Å². The summed E-state index contributed by atoms with van der Waals surface area (Å²) in [7, 11) is -1.90. The summed E-state index contributed by atoms with van der Waals surface area (Å²) in [5.41, 5.74) is 2.14. The lowest BCUT2D eigenvalue weighted by Crippen LogP contribution is -2.52. The van der Waals surface area contributed by atoms with E-state index in [1.165, 1.54) is 0 Å². The summed E-state index contributed by atoms with van der Waals surface area (Å²) in [4.78, 5) is 3.40. The van der Waals surface area contributed by atoms with Crippen LogP contribution >= 0.6 is 11.8 Å². The van der Waals surface area contributed by atoms with E-state index in [1.807, 2.05) is 36.4 Å². The maximum atomic E-state index is 13.4. The molecule has 3 heterocycles. The quantitative estimate of drug-likeness (QED) is 0.655. The summed E-state index contributed by atoms with van der Waals surface area (Å²) in [5, 5.41) is 0. The highest BCUT2D eigenvalue weighted by Crippen LogP contribution is 2.34. The van der Waals surface area contributed by atoms with Gasteiger partial charge in [-0.25, -0.2) is 0 Å². The van der Waals surface area contributed by atoms with Gasteiger partial charge in [-0.2, -0.15) is 17.0 Å². The molecule has 3 aliphatic rings. The topological polar surface area (TPSA) is 71.6 Å². The normalized spacial score (nSPS) is 20.0. The zero-order valence-corrected chi connectivity index (χ0v) is 19.7. The molecule has 0 radical (unpaired) electrons. The number of rotatable bonds is 5. The molecule has 0 saturated carbocycles. The van der Waals surface area contributed by atoms with Crippen LogP contribution in [-0.4, -0.2) is 74.3 Å². The smallest absolute Gasteiger partial charge is 0.282 e. The predicted octanol–water partition coefficient (Wildman–Crippen LogP) is 2.39. The van der Waals surface area contributed by atoms with Gasteiger partial charge in [-0.1, -0.05) is 6.07 Å². The molecule has 2 aromatic rings. The Balaban J connectivity index is 1.22. The molecule has 172 valence electrons. The average Bonchev–Trinajstić information content (AvgIpc) is 3.16. The number of hydrogen-bond acceptors (Lipinski definition) is 7. The van der Waals surface area contributed by atoms with Crippen LogP contribution in [0.1, 0.15) is 11.1 Å². The fourth-order valence-electron chi connectivity index (χ4n) is 4.25. The Morgan fingerprint density at radius 3 is 2.59 bits per heavy atom. The Morgan fingerprint density at radius 1 is 0.969 bits per heavy atom. The van der Waals surface area contributed by atoms with E-state index in [0.717, 1.165) is 45.6 Å². The number of methoxy groups -OCH3 is 1. The van der Waals surface area contributed by atoms with Gasteiger partial charge in [0.1, 0.15) is 5.75 Å². The highest BCUT2D eigenvalue weighted by atomic mass is 32.2. The van der Waals surface area contributed by atoms with Crippen LogP contribution in [0, 0.1) is 0 Å². The molecule has 0 amide bonds. The Bertz CT molecular complexity index is 1090. The molecule has 0 atom stereocenters. The Kier molecular flexibility index (Phi) is 6.22. The molecule has 2 aromatic carbocycles. The zero-order chi connectivity index (χ0) is 22.1. The molecule has 32 heavy (non-hydrogen) atoms. The van der Waals surface area contributed by atoms with Gasteiger partial charge in [0.25, 0.3) is 10.2 Å². The van der Waals surface area contributed by atoms with Crippen LogP contribution < -0.4 is 14.2 Å². The molecule has 1 saturated heterocycles. The second kappa shape index (κ2) is 9.11. The van der Waals surface area contributed by atoms with Gasteiger partial charge in [-0.15, -0.1) is 11.8 Å². The highest BCUT2D eigenvalue weighted by Gasteiger charge is 2.33. The van der Waals surface area contributed by atoms with E-state index >= 15 is 0 Å². The van der Waals surface area contributed by atoms with Crippen molar-refractivity contribution in [1.29, 1.82) is 0 Å². The first-order valence-electron chi connectivity index (χ1n) is 10.7. The molecule has 8 nitrogen and oxygen atoms in total. The standard InChI is InChI=1S/C22H27N3O5S2/c1-28-19-3-5-22-18(13-19)15-25(10-11-31-22)32(26,27)24-8-6-23(7-9-24)14-17-2-4-20-21(12-17)30-16-29-20/h2-5,12-13H,6-11,14-16H2,1H3. The number of benzene rings is 2. The van der Waals surface area contributed by atoms with Crippen LogP contribution in [0.2, 0.25) is 0 Å². The van der Waals surface area contributed by atoms with Gasteiger partial charge < -0.3 is 14.2 Å². The molecular weight excluding hydrogens is 450 g/mol. The van der Waals surface area contributed by atoms with Gasteiger partial charge in [0.2, 0.25) is 6.79 Å². The van der Waals surface area contributed by atoms with Crippen molar-refractivity contribution < 1.29 is 22.6 Å². The van der Waals surface area contributed by atoms with Crippen LogP contribution in [0.3, 0.4) is 0 Å². The minimum atomic E-state index is -3.53. The Labute approximate surface area is 193 Å². The average molecular weight is 478 g/mol. The van der Waals surface area contributed by atoms with Crippen LogP contribution in [-0.2, 0) is 23.3 Å². The van der Waals surface area contributed by atoms with Gasteiger partial charge in [0.15, 0.2) is 11.5 Å². The maximum absolute atomic E-state index is 13.4. The minimum absolute atomic E-state index is 0.265. The lowest BCUT2D eigenvalue weighted by atomic mass is 10.2. The highest BCUT2D eigenvalue weighted by molar-refractivity contribution is 7.99. The molecule has 3 aliphatic heterocycles. The molecule has 10 heteroatoms. The first-order valence-corrected chi connectivity index (χ1v) is 13.1. The van der Waals surface area contributed by atoms with E-state index < -0.39 is 10.2 Å². The first kappa shape index (κ1) is 21.8. The van der Waals surface area contributed by atoms with Gasteiger partial charge in [-0.3, -0.25) is 4.90 Å². The summed E-state index contributed by atoms with van der Waals surface area (Å²) in [6, 6.07) is 11.9. The number of piperazine rings is 1. The van der Waals surface area contributed by atoms with Crippen LogP contribution in [0.15, 0.2) is 41.3 Å². The largest absolute Gasteiger partial charge is 0.497 e. The predicted molar refractivity (Wildman–Crippen MR) is 122 cm³/mol. The number of fused-ring (bicyclic) bond motifs is 2. The Hall–Kier alpha value is -1.98. The number of nitrogens with zero attached hydrogens (tertiary/aromatic N) is 3. The van der Waals surface area contributed by atoms with E-state index in [-0.39, 0.29) is 6.79 Å². The SMILES string of the molecule is COc1ccc2c(c1)CN(S(=O)(=O)N1CCN(Cc3ccc4c(c3)OCO4)CC1)CCS2. The van der Waals surface area contributed by atoms with Crippen molar-refractivity contribution in [2.75, 3.05) is 52.4 Å². The second-order valence-electron chi connectivity index (χ2n) is 8.03. The fraction of sp³-hybridized carbons (Fsp3) is 0.455. The van der Waals surface area contributed by atoms with Crippen LogP contribution in [0.4, 0.5) is 0 Å². The van der Waals surface area contributed by atoms with E-state index in [9.17, 15) is 8.42 Å². The van der Waals surface area contributed by atoms with E-state index in [4.69, 9.17) is 14.2 Å². The van der Waals surface area contributed by atoms with Crippen LogP contribution in [0.5, 0.6) is 17.2 Å². The number of ether oxygens (including phenoxy) is 3. The van der Waals surface area contributed by atoms with E-state index in [1.54, 1.807) is 27.5 Å². The van der Waals surface area contributed by atoms with Gasteiger partial charge in [-0.05, 0) is 41.5 Å². The summed E-state index contributed by atoms with van der Waals surface area (Å²) in [6.45, 7) is 4.27. The Morgan fingerprint density at radius 2 is 1.78 bits per heavy atom. The summed E-state index contributed by atoms with van der Waals surface area (Å²) >= 11 is 1.70. The van der Waals surface area contributed by atoms with E-state index in [2.05, 4.69) is 4.90 Å². The molecule has 0 aromatic heterocycles. The van der Waals surface area contributed by atoms with Gasteiger partial charge >= 0.3 is 0 Å². The van der Waals surface area contributed by atoms with Crippen molar-refractivity contribution in [1.82, 2.24) is 13.5 Å². The third-order valence-electron chi connectivity index (χ3n) is 6.04. The van der Waals surface area contributed by atoms with Gasteiger partial charge in [0, 0.05) is 56.5 Å². The molecule has 0 spiro atoms. The molecule has 0 unspecified atom stereocenters. The van der Waals surface area contributed by atoms with Crippen molar-refractivity contribution in [3.63, 3.8) is 0 Å². The monoisotopic (exact) mass is 477 g/mol. The van der Waals surface area contributed by atoms with Gasteiger partial charge in [0.05, 0.1) is 7.11 Å². The molecular formula is C22H27N3O5S2. The second-order valence-corrected chi connectivity index (χ2v) is 11.1. The van der Waals surface area contributed by atoms with Crippen molar-refractivity contribution in [3.05, 3.63) is 47.5 Å². The molecule has 1 fully saturated rings. The summed E-state index contributed by atoms with van der Waals surface area (Å²) < 4.78 is 46.2. The van der Waals surface area contributed by atoms with Crippen LogP contribution in [0.25, 0.3) is 0 Å². The van der Waals surface area contributed by atoms with E-state index in [0.29, 0.717) is 39.3 Å². The molecule has 5 rings (SSSR count). The minimum Gasteiger partial charge on any atom is -0.497 e. The zero-order valence-electron chi connectivity index (χ0n) is 18.0. The third kappa shape index (κ3) is 4.42. The first-order chi connectivity index (χ1) is 15.5. The third-order valence-corrected chi connectivity index (χ3v) is 9.12. The molecule has 0 N–H and O–H groups in total. The van der Waals surface area contributed by atoms with Crippen molar-refractivity contribution in [3.8, 4) is 17.2 Å². The maximum Gasteiger partial charge on any atom is 0.282 e. The van der Waals surface area contributed by atoms with Crippen molar-refractivity contribution in [2.45, 2.75) is 18.0 Å². The number of thioether (sulfide) groups is 1.